The number of aromatic nitrogens is 5. The van der Waals surface area contributed by atoms with Crippen LogP contribution < -0.4 is 5.69 Å². The second-order valence-electron chi connectivity index (χ2n) is 6.43. The van der Waals surface area contributed by atoms with E-state index in [2.05, 4.69) is 15.1 Å². The summed E-state index contributed by atoms with van der Waals surface area (Å²) in [6.45, 7) is 0.723. The molecule has 7 nitrogen and oxygen atoms in total. The first kappa shape index (κ1) is 19.1. The highest BCUT2D eigenvalue weighted by Gasteiger charge is 2.38. The molecule has 1 aliphatic rings. The van der Waals surface area contributed by atoms with E-state index in [0.29, 0.717) is 14.9 Å². The van der Waals surface area contributed by atoms with E-state index in [9.17, 15) is 18.0 Å². The maximum atomic E-state index is 13.0. The van der Waals surface area contributed by atoms with Crippen molar-refractivity contribution < 1.29 is 13.2 Å². The standard InChI is InChI=1S/C18H15F3N6OS/c1-25-8-4-5-11(10-25)15-22-9-13(29-15)12-6-3-7-14(23-12)27-17(28)26(2)16(24-27)18(19,20)21/h3-9H,10H2,1-2H3. The Hall–Kier alpha value is -3.21. The van der Waals surface area contributed by atoms with Gasteiger partial charge in [-0.3, -0.25) is 4.57 Å². The average Bonchev–Trinajstić information content (AvgIpc) is 3.28. The zero-order valence-corrected chi connectivity index (χ0v) is 16.2. The van der Waals surface area contributed by atoms with E-state index in [1.807, 2.05) is 30.3 Å². The van der Waals surface area contributed by atoms with Crippen LogP contribution in [0.15, 0.2) is 47.5 Å². The fourth-order valence-electron chi connectivity index (χ4n) is 2.87. The Kier molecular flexibility index (Phi) is 4.61. The molecule has 0 radical (unpaired) electrons. The summed E-state index contributed by atoms with van der Waals surface area (Å²) < 4.78 is 40.2. The van der Waals surface area contributed by atoms with E-state index < -0.39 is 17.7 Å². The minimum absolute atomic E-state index is 0.00750. The summed E-state index contributed by atoms with van der Waals surface area (Å²) in [7, 11) is 2.99. The molecule has 4 heterocycles. The molecule has 29 heavy (non-hydrogen) atoms. The first-order chi connectivity index (χ1) is 13.7. The normalized spacial score (nSPS) is 14.4. The second kappa shape index (κ2) is 6.99. The first-order valence-corrected chi connectivity index (χ1v) is 9.30. The smallest absolute Gasteiger partial charge is 0.376 e. The number of thiazole rings is 1. The number of hydrogen-bond acceptors (Lipinski definition) is 6. The molecule has 0 unspecified atom stereocenters. The highest BCUT2D eigenvalue weighted by molar-refractivity contribution is 7.16. The number of allylic oxidation sites excluding steroid dienone is 2. The Bertz CT molecular complexity index is 1190. The van der Waals surface area contributed by atoms with Gasteiger partial charge < -0.3 is 4.90 Å². The van der Waals surface area contributed by atoms with Gasteiger partial charge in [-0.05, 0) is 24.4 Å². The predicted molar refractivity (Wildman–Crippen MR) is 102 cm³/mol. The zero-order chi connectivity index (χ0) is 20.8. The van der Waals surface area contributed by atoms with Crippen molar-refractivity contribution in [2.24, 2.45) is 7.05 Å². The number of halogens is 3. The zero-order valence-electron chi connectivity index (χ0n) is 15.4. The molecular weight excluding hydrogens is 405 g/mol. The lowest BCUT2D eigenvalue weighted by Gasteiger charge is -2.18. The van der Waals surface area contributed by atoms with Crippen LogP contribution in [0, 0.1) is 0 Å². The quantitative estimate of drug-likeness (QED) is 0.652. The Morgan fingerprint density at radius 3 is 2.69 bits per heavy atom. The van der Waals surface area contributed by atoms with Crippen molar-refractivity contribution >= 4 is 16.9 Å². The van der Waals surface area contributed by atoms with Gasteiger partial charge in [0.2, 0.25) is 5.82 Å². The number of nitrogens with zero attached hydrogens (tertiary/aromatic N) is 6. The third kappa shape index (κ3) is 3.60. The summed E-state index contributed by atoms with van der Waals surface area (Å²) >= 11 is 1.42. The lowest BCUT2D eigenvalue weighted by atomic mass is 10.2. The van der Waals surface area contributed by atoms with Gasteiger partial charge in [0.25, 0.3) is 0 Å². The second-order valence-corrected chi connectivity index (χ2v) is 7.46. The lowest BCUT2D eigenvalue weighted by molar-refractivity contribution is -0.147. The highest BCUT2D eigenvalue weighted by Crippen LogP contribution is 2.30. The third-order valence-corrected chi connectivity index (χ3v) is 5.37. The number of rotatable bonds is 3. The Morgan fingerprint density at radius 1 is 1.21 bits per heavy atom. The summed E-state index contributed by atoms with van der Waals surface area (Å²) in [5.74, 6) is -1.27. The van der Waals surface area contributed by atoms with E-state index in [-0.39, 0.29) is 5.82 Å². The number of alkyl halides is 3. The van der Waals surface area contributed by atoms with Gasteiger partial charge in [0.1, 0.15) is 5.01 Å². The summed E-state index contributed by atoms with van der Waals surface area (Å²) in [6.07, 6.45) is 2.80. The van der Waals surface area contributed by atoms with Gasteiger partial charge in [-0.25, -0.2) is 14.8 Å². The van der Waals surface area contributed by atoms with Crippen molar-refractivity contribution in [2.45, 2.75) is 6.18 Å². The average molecular weight is 420 g/mol. The molecule has 0 fully saturated rings. The molecule has 11 heteroatoms. The third-order valence-electron chi connectivity index (χ3n) is 4.28. The summed E-state index contributed by atoms with van der Waals surface area (Å²) in [6, 6.07) is 4.76. The van der Waals surface area contributed by atoms with Crippen molar-refractivity contribution in [1.82, 2.24) is 29.2 Å². The van der Waals surface area contributed by atoms with Crippen LogP contribution in [0.4, 0.5) is 13.2 Å². The van der Waals surface area contributed by atoms with Gasteiger partial charge in [0.15, 0.2) is 5.82 Å². The molecule has 4 rings (SSSR count). The minimum Gasteiger partial charge on any atom is -0.376 e. The summed E-state index contributed by atoms with van der Waals surface area (Å²) in [5.41, 5.74) is 0.630. The van der Waals surface area contributed by atoms with Crippen LogP contribution in [-0.4, -0.2) is 42.8 Å². The van der Waals surface area contributed by atoms with E-state index in [4.69, 9.17) is 0 Å². The van der Waals surface area contributed by atoms with Gasteiger partial charge in [-0.1, -0.05) is 12.1 Å². The number of likely N-dealkylation sites (N-methyl/N-ethyl adjacent to an activating group) is 1. The van der Waals surface area contributed by atoms with Crippen LogP contribution >= 0.6 is 11.3 Å². The molecule has 3 aromatic heterocycles. The summed E-state index contributed by atoms with van der Waals surface area (Å²) in [5, 5.41) is 4.25. The van der Waals surface area contributed by atoms with Gasteiger partial charge in [-0.2, -0.15) is 17.9 Å². The van der Waals surface area contributed by atoms with Gasteiger partial charge >= 0.3 is 11.9 Å². The molecule has 0 aliphatic carbocycles. The van der Waals surface area contributed by atoms with E-state index in [1.165, 1.54) is 17.4 Å². The Balaban J connectivity index is 1.70. The highest BCUT2D eigenvalue weighted by atomic mass is 32.1. The molecule has 0 saturated carbocycles. The molecule has 0 spiro atoms. The molecule has 0 N–H and O–H groups in total. The molecular formula is C18H15F3N6OS. The fourth-order valence-corrected chi connectivity index (χ4v) is 3.77. The SMILES string of the molecule is CN1C=CC=C(c2ncc(-c3cccc(-n4nc(C(F)(F)F)n(C)c4=O)n3)s2)C1. The molecule has 0 bridgehead atoms. The van der Waals surface area contributed by atoms with Gasteiger partial charge in [-0.15, -0.1) is 16.4 Å². The first-order valence-electron chi connectivity index (χ1n) is 8.49. The number of pyridine rings is 1. The van der Waals surface area contributed by atoms with E-state index in [0.717, 1.165) is 29.1 Å². The molecule has 150 valence electrons. The van der Waals surface area contributed by atoms with Crippen molar-refractivity contribution in [3.05, 3.63) is 64.1 Å². The molecule has 0 atom stereocenters. The van der Waals surface area contributed by atoms with Crippen molar-refractivity contribution in [3.63, 3.8) is 0 Å². The van der Waals surface area contributed by atoms with Crippen molar-refractivity contribution in [3.8, 4) is 16.4 Å². The molecule has 0 amide bonds. The minimum atomic E-state index is -4.74. The van der Waals surface area contributed by atoms with Crippen molar-refractivity contribution in [1.29, 1.82) is 0 Å². The maximum Gasteiger partial charge on any atom is 0.451 e. The van der Waals surface area contributed by atoms with Gasteiger partial charge in [0.05, 0.1) is 10.6 Å². The molecule has 1 aliphatic heterocycles. The largest absolute Gasteiger partial charge is 0.451 e. The van der Waals surface area contributed by atoms with Gasteiger partial charge in [0, 0.05) is 32.4 Å². The number of hydrogen-bond donors (Lipinski definition) is 0. The van der Waals surface area contributed by atoms with Crippen LogP contribution in [0.5, 0.6) is 0 Å². The lowest BCUT2D eigenvalue weighted by Crippen LogP contribution is -2.24. The van der Waals surface area contributed by atoms with Crippen LogP contribution in [0.3, 0.4) is 0 Å². The van der Waals surface area contributed by atoms with E-state index in [1.54, 1.807) is 18.3 Å². The topological polar surface area (TPSA) is 68.8 Å². The van der Waals surface area contributed by atoms with Crippen LogP contribution in [0.1, 0.15) is 10.8 Å². The molecule has 0 aromatic carbocycles. The monoisotopic (exact) mass is 420 g/mol. The fraction of sp³-hybridized carbons (Fsp3) is 0.222. The molecule has 0 saturated heterocycles. The Labute approximate surface area is 167 Å². The predicted octanol–water partition coefficient (Wildman–Crippen LogP) is 2.95. The van der Waals surface area contributed by atoms with Crippen molar-refractivity contribution in [2.75, 3.05) is 13.6 Å². The Morgan fingerprint density at radius 2 is 2.00 bits per heavy atom. The molecule has 3 aromatic rings. The maximum absolute atomic E-state index is 13.0. The van der Waals surface area contributed by atoms with Crippen LogP contribution in [0.2, 0.25) is 0 Å². The van der Waals surface area contributed by atoms with E-state index >= 15 is 0 Å². The summed E-state index contributed by atoms with van der Waals surface area (Å²) in [4.78, 5) is 23.8. The van der Waals surface area contributed by atoms with Crippen LogP contribution in [0.25, 0.3) is 22.0 Å². The van der Waals surface area contributed by atoms with Crippen LogP contribution in [-0.2, 0) is 13.2 Å².